The van der Waals surface area contributed by atoms with Crippen LogP contribution in [0.5, 0.6) is 0 Å². The van der Waals surface area contributed by atoms with E-state index in [1.165, 1.54) is 11.3 Å². The number of para-hydroxylation sites is 1. The number of aryl methyl sites for hydroxylation is 1. The number of furan rings is 1. The Morgan fingerprint density at radius 1 is 1.24 bits per heavy atom. The van der Waals surface area contributed by atoms with Crippen LogP contribution in [0, 0.1) is 0 Å². The number of rotatable bonds is 4. The highest BCUT2D eigenvalue weighted by Crippen LogP contribution is 2.27. The van der Waals surface area contributed by atoms with Crippen LogP contribution >= 0.6 is 31.9 Å². The molecule has 0 fully saturated rings. The van der Waals surface area contributed by atoms with Gasteiger partial charge in [-0.1, -0.05) is 25.1 Å². The summed E-state index contributed by atoms with van der Waals surface area (Å²) >= 11 is 6.73. The first-order chi connectivity index (χ1) is 8.20. The summed E-state index contributed by atoms with van der Waals surface area (Å²) in [5.74, 6) is 0.898. The molecule has 0 radical (unpaired) electrons. The van der Waals surface area contributed by atoms with Crippen molar-refractivity contribution in [3.05, 3.63) is 50.8 Å². The highest BCUT2D eigenvalue weighted by Gasteiger charge is 2.06. The quantitative estimate of drug-likeness (QED) is 0.833. The van der Waals surface area contributed by atoms with Crippen LogP contribution in [0.3, 0.4) is 0 Å². The second-order valence-corrected chi connectivity index (χ2v) is 5.27. The van der Waals surface area contributed by atoms with Crippen molar-refractivity contribution < 1.29 is 4.42 Å². The summed E-state index contributed by atoms with van der Waals surface area (Å²) in [6.07, 6.45) is 1.02. The predicted molar refractivity (Wildman–Crippen MR) is 77.3 cm³/mol. The number of halogens is 2. The van der Waals surface area contributed by atoms with E-state index in [4.69, 9.17) is 4.42 Å². The van der Waals surface area contributed by atoms with Crippen LogP contribution in [-0.4, -0.2) is 0 Å². The van der Waals surface area contributed by atoms with Gasteiger partial charge in [0.25, 0.3) is 0 Å². The predicted octanol–water partition coefficient (Wildman–Crippen LogP) is 4.98. The molecule has 1 aromatic carbocycles. The molecule has 0 saturated carbocycles. The maximum atomic E-state index is 5.52. The minimum atomic E-state index is 0.682. The van der Waals surface area contributed by atoms with E-state index in [1.807, 2.05) is 12.1 Å². The van der Waals surface area contributed by atoms with Gasteiger partial charge >= 0.3 is 0 Å². The van der Waals surface area contributed by atoms with Crippen molar-refractivity contribution in [3.63, 3.8) is 0 Å². The van der Waals surface area contributed by atoms with Crippen molar-refractivity contribution in [2.24, 2.45) is 0 Å². The van der Waals surface area contributed by atoms with Gasteiger partial charge in [0, 0.05) is 5.69 Å². The smallest absolute Gasteiger partial charge is 0.183 e. The molecule has 0 unspecified atom stereocenters. The zero-order valence-corrected chi connectivity index (χ0v) is 12.6. The molecule has 0 aliphatic carbocycles. The van der Waals surface area contributed by atoms with Gasteiger partial charge in [-0.05, 0) is 56.0 Å². The molecular weight excluding hydrogens is 346 g/mol. The van der Waals surface area contributed by atoms with E-state index in [9.17, 15) is 0 Å². The van der Waals surface area contributed by atoms with E-state index in [-0.39, 0.29) is 0 Å². The van der Waals surface area contributed by atoms with Gasteiger partial charge in [0.05, 0.1) is 11.0 Å². The minimum absolute atomic E-state index is 0.682. The monoisotopic (exact) mass is 357 g/mol. The van der Waals surface area contributed by atoms with Crippen molar-refractivity contribution in [1.29, 1.82) is 0 Å². The second kappa shape index (κ2) is 5.74. The van der Waals surface area contributed by atoms with Crippen LogP contribution in [0.15, 0.2) is 43.9 Å². The molecule has 90 valence electrons. The van der Waals surface area contributed by atoms with Crippen LogP contribution < -0.4 is 5.32 Å². The Kier molecular flexibility index (Phi) is 4.29. The van der Waals surface area contributed by atoms with Gasteiger partial charge in [-0.15, -0.1) is 0 Å². The van der Waals surface area contributed by atoms with Crippen molar-refractivity contribution in [3.8, 4) is 0 Å². The van der Waals surface area contributed by atoms with Crippen molar-refractivity contribution >= 4 is 37.5 Å². The lowest BCUT2D eigenvalue weighted by atomic mass is 10.1. The second-order valence-electron chi connectivity index (χ2n) is 3.70. The van der Waals surface area contributed by atoms with Crippen LogP contribution in [0.2, 0.25) is 0 Å². The van der Waals surface area contributed by atoms with E-state index >= 15 is 0 Å². The zero-order valence-electron chi connectivity index (χ0n) is 9.47. The normalized spacial score (nSPS) is 10.5. The Balaban J connectivity index is 2.07. The van der Waals surface area contributed by atoms with Gasteiger partial charge in [-0.2, -0.15) is 0 Å². The Bertz CT molecular complexity index is 488. The standard InChI is InChI=1S/C13H13Br2NO/c1-2-9-5-3-4-6-12(9)16-8-10-7-11(14)13(15)17-10/h3-7,16H,2,8H2,1H3. The van der Waals surface area contributed by atoms with Crippen molar-refractivity contribution in [2.45, 2.75) is 19.9 Å². The number of nitrogens with one attached hydrogen (secondary N) is 1. The molecule has 0 saturated heterocycles. The van der Waals surface area contributed by atoms with Crippen LogP contribution in [0.4, 0.5) is 5.69 Å². The first kappa shape index (κ1) is 12.7. The number of anilines is 1. The molecule has 0 spiro atoms. The maximum absolute atomic E-state index is 5.52. The van der Waals surface area contributed by atoms with E-state index in [0.717, 1.165) is 21.3 Å². The molecule has 0 amide bonds. The molecule has 0 aliphatic rings. The third-order valence-corrected chi connectivity index (χ3v) is 4.26. The topological polar surface area (TPSA) is 25.2 Å². The molecule has 1 aromatic heterocycles. The fourth-order valence-electron chi connectivity index (χ4n) is 1.66. The largest absolute Gasteiger partial charge is 0.451 e. The molecule has 0 atom stereocenters. The lowest BCUT2D eigenvalue weighted by Crippen LogP contribution is -2.00. The van der Waals surface area contributed by atoms with Crippen LogP contribution in [-0.2, 0) is 13.0 Å². The molecule has 2 rings (SSSR count). The SMILES string of the molecule is CCc1ccccc1NCc1cc(Br)c(Br)o1. The zero-order chi connectivity index (χ0) is 12.3. The molecule has 1 N–H and O–H groups in total. The molecule has 0 aliphatic heterocycles. The summed E-state index contributed by atoms with van der Waals surface area (Å²) in [6, 6.07) is 10.3. The number of hydrogen-bond donors (Lipinski definition) is 1. The summed E-state index contributed by atoms with van der Waals surface area (Å²) in [5.41, 5.74) is 2.48. The average molecular weight is 359 g/mol. The van der Waals surface area contributed by atoms with Crippen molar-refractivity contribution in [2.75, 3.05) is 5.32 Å². The summed E-state index contributed by atoms with van der Waals surface area (Å²) < 4.78 is 7.19. The minimum Gasteiger partial charge on any atom is -0.451 e. The van der Waals surface area contributed by atoms with Gasteiger partial charge in [-0.3, -0.25) is 0 Å². The molecule has 2 aromatic rings. The van der Waals surface area contributed by atoms with Crippen molar-refractivity contribution in [1.82, 2.24) is 0 Å². The van der Waals surface area contributed by atoms with Gasteiger partial charge in [0.2, 0.25) is 0 Å². The molecule has 2 nitrogen and oxygen atoms in total. The van der Waals surface area contributed by atoms with Crippen LogP contribution in [0.25, 0.3) is 0 Å². The fourth-order valence-corrected chi connectivity index (χ4v) is 2.32. The number of benzene rings is 1. The molecule has 0 bridgehead atoms. The summed E-state index contributed by atoms with van der Waals surface area (Å²) in [7, 11) is 0. The molecule has 1 heterocycles. The molecule has 17 heavy (non-hydrogen) atoms. The maximum Gasteiger partial charge on any atom is 0.183 e. The molecular formula is C13H13Br2NO. The Labute approximate surface area is 118 Å². The Morgan fingerprint density at radius 2 is 2.00 bits per heavy atom. The Hall–Kier alpha value is -0.740. The van der Waals surface area contributed by atoms with Crippen LogP contribution in [0.1, 0.15) is 18.2 Å². The van der Waals surface area contributed by atoms with Gasteiger partial charge < -0.3 is 9.73 Å². The Morgan fingerprint density at radius 3 is 2.65 bits per heavy atom. The first-order valence-corrected chi connectivity index (χ1v) is 7.04. The fraction of sp³-hybridized carbons (Fsp3) is 0.231. The lowest BCUT2D eigenvalue weighted by Gasteiger charge is -2.09. The van der Waals surface area contributed by atoms with Gasteiger partial charge in [-0.25, -0.2) is 0 Å². The van der Waals surface area contributed by atoms with E-state index in [0.29, 0.717) is 6.54 Å². The highest BCUT2D eigenvalue weighted by atomic mass is 79.9. The summed E-state index contributed by atoms with van der Waals surface area (Å²) in [4.78, 5) is 0. The highest BCUT2D eigenvalue weighted by molar-refractivity contribution is 9.13. The molecule has 4 heteroatoms. The summed E-state index contributed by atoms with van der Waals surface area (Å²) in [6.45, 7) is 2.84. The van der Waals surface area contributed by atoms with Gasteiger partial charge in [0.1, 0.15) is 5.76 Å². The number of hydrogen-bond acceptors (Lipinski definition) is 2. The average Bonchev–Trinajstić information content (AvgIpc) is 2.66. The van der Waals surface area contributed by atoms with Gasteiger partial charge in [0.15, 0.2) is 4.67 Å². The summed E-state index contributed by atoms with van der Waals surface area (Å²) in [5, 5.41) is 3.39. The van der Waals surface area contributed by atoms with E-state index in [2.05, 4.69) is 62.3 Å². The first-order valence-electron chi connectivity index (χ1n) is 5.46. The third-order valence-electron chi connectivity index (χ3n) is 2.55. The lowest BCUT2D eigenvalue weighted by molar-refractivity contribution is 0.494. The third kappa shape index (κ3) is 3.13. The van der Waals surface area contributed by atoms with E-state index < -0.39 is 0 Å². The van der Waals surface area contributed by atoms with E-state index in [1.54, 1.807) is 0 Å².